The molecule has 0 amide bonds. The number of hydrogen-bond donors (Lipinski definition) is 1. The number of benzene rings is 1. The van der Waals surface area contributed by atoms with E-state index in [1.54, 1.807) is 0 Å². The summed E-state index contributed by atoms with van der Waals surface area (Å²) in [5, 5.41) is 0.803. The maximum atomic E-state index is 12.2. The Morgan fingerprint density at radius 3 is 3.00 bits per heavy atom. The van der Waals surface area contributed by atoms with Gasteiger partial charge < -0.3 is 10.5 Å². The number of thiophene rings is 1. The minimum absolute atomic E-state index is 0.0242. The normalized spacial score (nSPS) is 13.2. The summed E-state index contributed by atoms with van der Waals surface area (Å²) in [6, 6.07) is 9.45. The van der Waals surface area contributed by atoms with Crippen LogP contribution in [0.15, 0.2) is 30.3 Å². The number of ether oxygens (including phenoxy) is 1. The van der Waals surface area contributed by atoms with Crippen molar-refractivity contribution in [3.8, 4) is 0 Å². The molecule has 2 N–H and O–H groups in total. The van der Waals surface area contributed by atoms with Crippen molar-refractivity contribution < 1.29 is 9.53 Å². The van der Waals surface area contributed by atoms with Gasteiger partial charge >= 0.3 is 5.97 Å². The standard InChI is InChI=1S/C17H15N3O2S/c18-16-11-5-1-2-6-12(11)19-15(20-16)9-22-17(21)14-8-10-4-3-7-13(10)23-14/h1-2,5-6,8H,3-4,7,9H2,(H2,18,19,20). The van der Waals surface area contributed by atoms with Gasteiger partial charge in [0.1, 0.15) is 10.7 Å². The fraction of sp³-hybridized carbons (Fsp3) is 0.235. The number of carbonyl (C=O) groups is 1. The lowest BCUT2D eigenvalue weighted by atomic mass is 10.2. The van der Waals surface area contributed by atoms with Crippen LogP contribution in [0.4, 0.5) is 5.82 Å². The third kappa shape index (κ3) is 2.66. The third-order valence-corrected chi connectivity index (χ3v) is 5.18. The predicted molar refractivity (Wildman–Crippen MR) is 89.4 cm³/mol. The molecule has 0 radical (unpaired) electrons. The first kappa shape index (κ1) is 14.1. The predicted octanol–water partition coefficient (Wildman–Crippen LogP) is 3.12. The van der Waals surface area contributed by atoms with E-state index in [4.69, 9.17) is 10.5 Å². The molecule has 2 heterocycles. The summed E-state index contributed by atoms with van der Waals surface area (Å²) < 4.78 is 5.35. The van der Waals surface area contributed by atoms with Crippen molar-refractivity contribution in [3.05, 3.63) is 51.5 Å². The van der Waals surface area contributed by atoms with Crippen LogP contribution in [0.2, 0.25) is 0 Å². The minimum atomic E-state index is -0.320. The fourth-order valence-electron chi connectivity index (χ4n) is 2.85. The Morgan fingerprint density at radius 2 is 2.13 bits per heavy atom. The van der Waals surface area contributed by atoms with E-state index in [1.165, 1.54) is 28.2 Å². The molecule has 1 aromatic carbocycles. The van der Waals surface area contributed by atoms with Gasteiger partial charge in [-0.1, -0.05) is 12.1 Å². The molecule has 4 rings (SSSR count). The number of aromatic nitrogens is 2. The Kier molecular flexibility index (Phi) is 3.46. The van der Waals surface area contributed by atoms with Crippen molar-refractivity contribution in [2.45, 2.75) is 25.9 Å². The average molecular weight is 325 g/mol. The zero-order valence-corrected chi connectivity index (χ0v) is 13.2. The molecular formula is C17H15N3O2S. The zero-order valence-electron chi connectivity index (χ0n) is 12.4. The van der Waals surface area contributed by atoms with Crippen LogP contribution in [0.3, 0.4) is 0 Å². The van der Waals surface area contributed by atoms with Crippen LogP contribution in [0.25, 0.3) is 10.9 Å². The number of hydrogen-bond acceptors (Lipinski definition) is 6. The van der Waals surface area contributed by atoms with Crippen molar-refractivity contribution in [3.63, 3.8) is 0 Å². The summed E-state index contributed by atoms with van der Waals surface area (Å²) in [7, 11) is 0. The number of nitrogens with zero attached hydrogens (tertiary/aromatic N) is 2. The lowest BCUT2D eigenvalue weighted by Gasteiger charge is -2.06. The van der Waals surface area contributed by atoms with E-state index in [0.717, 1.165) is 23.7 Å². The maximum absolute atomic E-state index is 12.2. The van der Waals surface area contributed by atoms with Gasteiger partial charge in [0.05, 0.1) is 5.52 Å². The number of fused-ring (bicyclic) bond motifs is 2. The van der Waals surface area contributed by atoms with Crippen LogP contribution in [0.1, 0.15) is 32.4 Å². The SMILES string of the molecule is Nc1nc(COC(=O)c2cc3c(s2)CCC3)nc2ccccc12. The summed E-state index contributed by atoms with van der Waals surface area (Å²) in [5.41, 5.74) is 7.97. The number of carbonyl (C=O) groups excluding carboxylic acids is 1. The number of rotatable bonds is 3. The van der Waals surface area contributed by atoms with E-state index in [1.807, 2.05) is 30.3 Å². The number of anilines is 1. The smallest absolute Gasteiger partial charge is 0.348 e. The Hall–Kier alpha value is -2.47. The lowest BCUT2D eigenvalue weighted by molar-refractivity contribution is 0.0468. The van der Waals surface area contributed by atoms with Crippen molar-refractivity contribution in [1.29, 1.82) is 0 Å². The maximum Gasteiger partial charge on any atom is 0.348 e. The van der Waals surface area contributed by atoms with Crippen LogP contribution >= 0.6 is 11.3 Å². The van der Waals surface area contributed by atoms with Crippen LogP contribution in [0.5, 0.6) is 0 Å². The summed E-state index contributed by atoms with van der Waals surface area (Å²) in [6.45, 7) is 0.0242. The number of nitrogens with two attached hydrogens (primary N) is 1. The Labute approximate surface area is 137 Å². The second-order valence-electron chi connectivity index (χ2n) is 5.53. The molecule has 0 atom stereocenters. The summed E-state index contributed by atoms with van der Waals surface area (Å²) in [5.74, 6) is 0.495. The summed E-state index contributed by atoms with van der Waals surface area (Å²) in [6.07, 6.45) is 3.31. The van der Waals surface area contributed by atoms with Gasteiger partial charge in [-0.3, -0.25) is 0 Å². The molecule has 5 nitrogen and oxygen atoms in total. The van der Waals surface area contributed by atoms with E-state index in [9.17, 15) is 4.79 Å². The van der Waals surface area contributed by atoms with Gasteiger partial charge in [-0.25, -0.2) is 14.8 Å². The number of nitrogen functional groups attached to an aromatic ring is 1. The van der Waals surface area contributed by atoms with Gasteiger partial charge in [-0.2, -0.15) is 0 Å². The Balaban J connectivity index is 1.51. The summed E-state index contributed by atoms with van der Waals surface area (Å²) in [4.78, 5) is 22.7. The zero-order chi connectivity index (χ0) is 15.8. The van der Waals surface area contributed by atoms with E-state index >= 15 is 0 Å². The Morgan fingerprint density at radius 1 is 1.26 bits per heavy atom. The highest BCUT2D eigenvalue weighted by atomic mass is 32.1. The average Bonchev–Trinajstić information content (AvgIpc) is 3.14. The molecule has 2 aromatic heterocycles. The van der Waals surface area contributed by atoms with Gasteiger partial charge in [0, 0.05) is 10.3 Å². The number of aryl methyl sites for hydroxylation is 2. The quantitative estimate of drug-likeness (QED) is 0.749. The molecule has 3 aromatic rings. The first-order valence-electron chi connectivity index (χ1n) is 7.50. The number of para-hydroxylation sites is 1. The highest BCUT2D eigenvalue weighted by Gasteiger charge is 2.19. The Bertz CT molecular complexity index is 882. The van der Waals surface area contributed by atoms with Gasteiger partial charge in [0.25, 0.3) is 0 Å². The van der Waals surface area contributed by atoms with Gasteiger partial charge in [-0.05, 0) is 43.0 Å². The monoisotopic (exact) mass is 325 g/mol. The molecule has 0 unspecified atom stereocenters. The fourth-order valence-corrected chi connectivity index (χ4v) is 3.99. The van der Waals surface area contributed by atoms with Crippen LogP contribution in [-0.4, -0.2) is 15.9 Å². The van der Waals surface area contributed by atoms with E-state index in [2.05, 4.69) is 9.97 Å². The molecular weight excluding hydrogens is 310 g/mol. The molecule has 1 aliphatic rings. The highest BCUT2D eigenvalue weighted by molar-refractivity contribution is 7.14. The molecule has 0 bridgehead atoms. The highest BCUT2D eigenvalue weighted by Crippen LogP contribution is 2.31. The minimum Gasteiger partial charge on any atom is -0.453 e. The molecule has 0 saturated carbocycles. The molecule has 1 aliphatic carbocycles. The third-order valence-electron chi connectivity index (χ3n) is 3.96. The largest absolute Gasteiger partial charge is 0.453 e. The first-order chi connectivity index (χ1) is 11.2. The van der Waals surface area contributed by atoms with E-state index in [-0.39, 0.29) is 12.6 Å². The molecule has 116 valence electrons. The number of esters is 1. The van der Waals surface area contributed by atoms with Gasteiger partial charge in [-0.15, -0.1) is 11.3 Å². The second-order valence-corrected chi connectivity index (χ2v) is 6.67. The topological polar surface area (TPSA) is 78.1 Å². The van der Waals surface area contributed by atoms with Crippen LogP contribution in [-0.2, 0) is 24.2 Å². The van der Waals surface area contributed by atoms with Crippen molar-refractivity contribution in [2.75, 3.05) is 5.73 Å². The van der Waals surface area contributed by atoms with Gasteiger partial charge in [0.2, 0.25) is 0 Å². The second kappa shape index (κ2) is 5.62. The van der Waals surface area contributed by atoms with Crippen molar-refractivity contribution >= 4 is 34.0 Å². The lowest BCUT2D eigenvalue weighted by Crippen LogP contribution is -2.07. The van der Waals surface area contributed by atoms with E-state index in [0.29, 0.717) is 16.5 Å². The van der Waals surface area contributed by atoms with Crippen LogP contribution < -0.4 is 5.73 Å². The van der Waals surface area contributed by atoms with Crippen molar-refractivity contribution in [1.82, 2.24) is 9.97 Å². The van der Waals surface area contributed by atoms with Crippen LogP contribution in [0, 0.1) is 0 Å². The molecule has 0 saturated heterocycles. The van der Waals surface area contributed by atoms with Crippen molar-refractivity contribution in [2.24, 2.45) is 0 Å². The van der Waals surface area contributed by atoms with E-state index < -0.39 is 0 Å². The molecule has 0 fully saturated rings. The molecule has 0 aliphatic heterocycles. The molecule has 0 spiro atoms. The summed E-state index contributed by atoms with van der Waals surface area (Å²) >= 11 is 1.53. The van der Waals surface area contributed by atoms with Gasteiger partial charge in [0.15, 0.2) is 12.4 Å². The molecule has 23 heavy (non-hydrogen) atoms. The molecule has 6 heteroatoms. The first-order valence-corrected chi connectivity index (χ1v) is 8.32.